The lowest BCUT2D eigenvalue weighted by Crippen LogP contribution is -2.07. The van der Waals surface area contributed by atoms with E-state index in [0.717, 1.165) is 15.6 Å². The monoisotopic (exact) mass is 314 g/mol. The summed E-state index contributed by atoms with van der Waals surface area (Å²) in [5, 5.41) is 0.967. The van der Waals surface area contributed by atoms with E-state index in [4.69, 9.17) is 4.74 Å². The molecule has 0 saturated heterocycles. The Labute approximate surface area is 131 Å². The van der Waals surface area contributed by atoms with Crippen LogP contribution in [0.3, 0.4) is 0 Å². The predicted molar refractivity (Wildman–Crippen MR) is 82.1 cm³/mol. The standard InChI is InChI=1S/C15H14N4O2S/c1-10-13(22-11(2)18-10)8-21-15(20)12-3-4-17-14(7-12)19-6-5-16-9-19/h3-7,9H,8H2,1-2H3. The summed E-state index contributed by atoms with van der Waals surface area (Å²) in [6.45, 7) is 4.08. The number of aromatic nitrogens is 4. The summed E-state index contributed by atoms with van der Waals surface area (Å²) < 4.78 is 7.09. The molecule has 0 aliphatic carbocycles. The molecule has 6 nitrogen and oxygen atoms in total. The average Bonchev–Trinajstić information content (AvgIpc) is 3.15. The Bertz CT molecular complexity index is 796. The van der Waals surface area contributed by atoms with Gasteiger partial charge in [0.1, 0.15) is 18.8 Å². The molecule has 3 aromatic rings. The average molecular weight is 314 g/mol. The van der Waals surface area contributed by atoms with Gasteiger partial charge in [-0.1, -0.05) is 0 Å². The van der Waals surface area contributed by atoms with Crippen LogP contribution in [0, 0.1) is 13.8 Å². The van der Waals surface area contributed by atoms with Gasteiger partial charge in [-0.15, -0.1) is 11.3 Å². The molecule has 0 bridgehead atoms. The number of ether oxygens (including phenoxy) is 1. The molecule has 0 radical (unpaired) electrons. The Morgan fingerprint density at radius 2 is 2.23 bits per heavy atom. The van der Waals surface area contributed by atoms with Gasteiger partial charge in [-0.25, -0.2) is 19.7 Å². The van der Waals surface area contributed by atoms with Crippen LogP contribution < -0.4 is 0 Å². The van der Waals surface area contributed by atoms with E-state index in [9.17, 15) is 4.79 Å². The molecule has 0 spiro atoms. The highest BCUT2D eigenvalue weighted by atomic mass is 32.1. The van der Waals surface area contributed by atoms with E-state index in [-0.39, 0.29) is 12.6 Å². The van der Waals surface area contributed by atoms with Crippen LogP contribution in [0.2, 0.25) is 0 Å². The third-order valence-corrected chi connectivity index (χ3v) is 4.13. The third kappa shape index (κ3) is 3.04. The summed E-state index contributed by atoms with van der Waals surface area (Å²) in [4.78, 5) is 25.6. The minimum atomic E-state index is -0.380. The van der Waals surface area contributed by atoms with Crippen molar-refractivity contribution in [2.75, 3.05) is 0 Å². The molecule has 3 aromatic heterocycles. The van der Waals surface area contributed by atoms with Crippen molar-refractivity contribution < 1.29 is 9.53 Å². The molecule has 0 amide bonds. The van der Waals surface area contributed by atoms with Gasteiger partial charge < -0.3 is 4.74 Å². The Morgan fingerprint density at radius 1 is 1.36 bits per heavy atom. The number of rotatable bonds is 4. The number of thiazole rings is 1. The number of hydrogen-bond donors (Lipinski definition) is 0. The molecular weight excluding hydrogens is 300 g/mol. The maximum atomic E-state index is 12.2. The van der Waals surface area contributed by atoms with Crippen molar-refractivity contribution in [3.05, 3.63) is 58.2 Å². The molecule has 0 saturated carbocycles. The van der Waals surface area contributed by atoms with Crippen LogP contribution in [0.25, 0.3) is 5.82 Å². The van der Waals surface area contributed by atoms with E-state index < -0.39 is 0 Å². The Hall–Kier alpha value is -2.54. The fraction of sp³-hybridized carbons (Fsp3) is 0.200. The van der Waals surface area contributed by atoms with Gasteiger partial charge in [0, 0.05) is 18.6 Å². The predicted octanol–water partition coefficient (Wildman–Crippen LogP) is 2.70. The normalized spacial score (nSPS) is 10.6. The lowest BCUT2D eigenvalue weighted by Gasteiger charge is -2.06. The second kappa shape index (κ2) is 6.07. The largest absolute Gasteiger partial charge is 0.456 e. The molecule has 0 aliphatic heterocycles. The highest BCUT2D eigenvalue weighted by Crippen LogP contribution is 2.18. The first-order valence-electron chi connectivity index (χ1n) is 6.68. The van der Waals surface area contributed by atoms with E-state index in [1.165, 1.54) is 11.3 Å². The molecule has 22 heavy (non-hydrogen) atoms. The van der Waals surface area contributed by atoms with Gasteiger partial charge in [0.15, 0.2) is 0 Å². The lowest BCUT2D eigenvalue weighted by molar-refractivity contribution is 0.0476. The smallest absolute Gasteiger partial charge is 0.338 e. The van der Waals surface area contributed by atoms with E-state index >= 15 is 0 Å². The fourth-order valence-corrected chi connectivity index (χ4v) is 2.85. The Morgan fingerprint density at radius 3 is 2.91 bits per heavy atom. The van der Waals surface area contributed by atoms with E-state index in [2.05, 4.69) is 15.0 Å². The second-order valence-electron chi connectivity index (χ2n) is 4.69. The number of carbonyl (C=O) groups excluding carboxylic acids is 1. The van der Waals surface area contributed by atoms with Crippen molar-refractivity contribution >= 4 is 17.3 Å². The first kappa shape index (κ1) is 14.4. The molecule has 3 heterocycles. The maximum Gasteiger partial charge on any atom is 0.338 e. The van der Waals surface area contributed by atoms with Crippen LogP contribution in [-0.2, 0) is 11.3 Å². The minimum Gasteiger partial charge on any atom is -0.456 e. The zero-order valence-corrected chi connectivity index (χ0v) is 13.0. The number of imidazole rings is 1. The van der Waals surface area contributed by atoms with E-state index in [1.54, 1.807) is 41.6 Å². The van der Waals surface area contributed by atoms with Gasteiger partial charge in [0.2, 0.25) is 0 Å². The first-order valence-corrected chi connectivity index (χ1v) is 7.49. The van der Waals surface area contributed by atoms with Crippen LogP contribution >= 0.6 is 11.3 Å². The molecule has 0 unspecified atom stereocenters. The van der Waals surface area contributed by atoms with Crippen LogP contribution in [-0.4, -0.2) is 25.5 Å². The topological polar surface area (TPSA) is 69.9 Å². The molecule has 3 rings (SSSR count). The molecular formula is C15H14N4O2S. The number of nitrogens with zero attached hydrogens (tertiary/aromatic N) is 4. The number of hydrogen-bond acceptors (Lipinski definition) is 6. The molecule has 0 aliphatic rings. The fourth-order valence-electron chi connectivity index (χ4n) is 2.00. The van der Waals surface area contributed by atoms with Crippen molar-refractivity contribution in [1.29, 1.82) is 0 Å². The van der Waals surface area contributed by atoms with Crippen molar-refractivity contribution in [1.82, 2.24) is 19.5 Å². The summed E-state index contributed by atoms with van der Waals surface area (Å²) in [6.07, 6.45) is 6.62. The number of esters is 1. The maximum absolute atomic E-state index is 12.2. The molecule has 0 fully saturated rings. The zero-order valence-electron chi connectivity index (χ0n) is 12.2. The van der Waals surface area contributed by atoms with Crippen LogP contribution in [0.15, 0.2) is 37.1 Å². The second-order valence-corrected chi connectivity index (χ2v) is 5.98. The quantitative estimate of drug-likeness (QED) is 0.692. The first-order chi connectivity index (χ1) is 10.6. The van der Waals surface area contributed by atoms with Gasteiger partial charge in [-0.2, -0.15) is 0 Å². The molecule has 0 aromatic carbocycles. The van der Waals surface area contributed by atoms with Gasteiger partial charge >= 0.3 is 5.97 Å². The highest BCUT2D eigenvalue weighted by molar-refractivity contribution is 7.11. The van der Waals surface area contributed by atoms with Gasteiger partial charge in [-0.05, 0) is 26.0 Å². The molecule has 7 heteroatoms. The third-order valence-electron chi connectivity index (χ3n) is 3.08. The number of pyridine rings is 1. The van der Waals surface area contributed by atoms with Gasteiger partial charge in [-0.3, -0.25) is 4.57 Å². The van der Waals surface area contributed by atoms with Crippen molar-refractivity contribution in [2.24, 2.45) is 0 Å². The number of aryl methyl sites for hydroxylation is 2. The van der Waals surface area contributed by atoms with Crippen molar-refractivity contribution in [3.8, 4) is 5.82 Å². The van der Waals surface area contributed by atoms with E-state index in [1.807, 2.05) is 13.8 Å². The summed E-state index contributed by atoms with van der Waals surface area (Å²) in [6, 6.07) is 3.31. The SMILES string of the molecule is Cc1nc(C)c(COC(=O)c2ccnc(-n3ccnc3)c2)s1. The molecule has 0 atom stereocenters. The number of carbonyl (C=O) groups is 1. The van der Waals surface area contributed by atoms with Crippen molar-refractivity contribution in [2.45, 2.75) is 20.5 Å². The lowest BCUT2D eigenvalue weighted by atomic mass is 10.2. The Balaban J connectivity index is 1.72. The summed E-state index contributed by atoms with van der Waals surface area (Å²) in [7, 11) is 0. The van der Waals surface area contributed by atoms with E-state index in [0.29, 0.717) is 11.4 Å². The minimum absolute atomic E-state index is 0.235. The van der Waals surface area contributed by atoms with Crippen LogP contribution in [0.4, 0.5) is 0 Å². The van der Waals surface area contributed by atoms with Gasteiger partial charge in [0.05, 0.1) is 21.1 Å². The zero-order chi connectivity index (χ0) is 15.5. The summed E-state index contributed by atoms with van der Waals surface area (Å²) in [5.74, 6) is 0.242. The van der Waals surface area contributed by atoms with Gasteiger partial charge in [0.25, 0.3) is 0 Å². The highest BCUT2D eigenvalue weighted by Gasteiger charge is 2.12. The van der Waals surface area contributed by atoms with Crippen LogP contribution in [0.5, 0.6) is 0 Å². The summed E-state index contributed by atoms with van der Waals surface area (Å²) in [5.41, 5.74) is 1.36. The van der Waals surface area contributed by atoms with Crippen molar-refractivity contribution in [3.63, 3.8) is 0 Å². The molecule has 0 N–H and O–H groups in total. The molecule has 112 valence electrons. The van der Waals surface area contributed by atoms with Crippen LogP contribution in [0.1, 0.15) is 25.9 Å². The Kier molecular flexibility index (Phi) is 3.97. The summed E-state index contributed by atoms with van der Waals surface area (Å²) >= 11 is 1.54.